The van der Waals surface area contributed by atoms with Crippen molar-refractivity contribution in [2.45, 2.75) is 26.2 Å². The van der Waals surface area contributed by atoms with Crippen LogP contribution < -0.4 is 10.5 Å². The molecule has 0 saturated carbocycles. The molecule has 0 spiro atoms. The lowest BCUT2D eigenvalue weighted by molar-refractivity contribution is -0.146. The zero-order chi connectivity index (χ0) is 17.2. The highest BCUT2D eigenvalue weighted by molar-refractivity contribution is 6.39. The quantitative estimate of drug-likeness (QED) is 0.387. The van der Waals surface area contributed by atoms with E-state index in [4.69, 9.17) is 43.1 Å². The Balaban J connectivity index is 2.29. The van der Waals surface area contributed by atoms with Crippen LogP contribution in [0.5, 0.6) is 5.88 Å². The molecule has 0 unspecified atom stereocenters. The van der Waals surface area contributed by atoms with Gasteiger partial charge in [-0.3, -0.25) is 0 Å². The Bertz CT molecular complexity index is 532. The third-order valence-corrected chi connectivity index (χ3v) is 3.43. The Morgan fingerprint density at radius 1 is 1.22 bits per heavy atom. The number of halogens is 3. The van der Waals surface area contributed by atoms with Crippen molar-refractivity contribution in [3.63, 3.8) is 0 Å². The Morgan fingerprint density at radius 3 is 2.61 bits per heavy atom. The summed E-state index contributed by atoms with van der Waals surface area (Å²) in [6.45, 7) is 3.02. The molecule has 0 atom stereocenters. The normalized spacial score (nSPS) is 10.6. The summed E-state index contributed by atoms with van der Waals surface area (Å²) < 4.78 is 28.6. The number of carbonyl (C=O) groups is 1. The number of nitrogen functional groups attached to an aromatic ring is 1. The molecule has 0 aliphatic rings. The molecule has 0 bridgehead atoms. The molecule has 6 nitrogen and oxygen atoms in total. The highest BCUT2D eigenvalue weighted by Crippen LogP contribution is 2.35. The minimum Gasteiger partial charge on any atom is -0.464 e. The molecule has 2 N–H and O–H groups in total. The first-order chi connectivity index (χ1) is 11.0. The lowest BCUT2D eigenvalue weighted by atomic mass is 10.4. The Labute approximate surface area is 144 Å². The predicted octanol–water partition coefficient (Wildman–Crippen LogP) is 3.24. The van der Waals surface area contributed by atoms with Crippen LogP contribution in [0.3, 0.4) is 0 Å². The van der Waals surface area contributed by atoms with Gasteiger partial charge in [0.2, 0.25) is 11.8 Å². The summed E-state index contributed by atoms with van der Waals surface area (Å²) in [5.74, 6) is -1.97. The van der Waals surface area contributed by atoms with E-state index >= 15 is 0 Å². The van der Waals surface area contributed by atoms with Gasteiger partial charge >= 0.3 is 5.97 Å². The molecule has 0 amide bonds. The molecule has 0 aromatic carbocycles. The van der Waals surface area contributed by atoms with Crippen molar-refractivity contribution in [2.24, 2.45) is 0 Å². The SMILES string of the molecule is CCCCOCCCOC(=O)COc1nc(F)c(Cl)c(N)c1Cl. The summed E-state index contributed by atoms with van der Waals surface area (Å²) in [4.78, 5) is 14.9. The number of unbranched alkanes of at least 4 members (excludes halogenated alkanes) is 1. The van der Waals surface area contributed by atoms with E-state index in [2.05, 4.69) is 11.9 Å². The summed E-state index contributed by atoms with van der Waals surface area (Å²) in [7, 11) is 0. The van der Waals surface area contributed by atoms with Gasteiger partial charge in [0.1, 0.15) is 10.0 Å². The monoisotopic (exact) mass is 368 g/mol. The van der Waals surface area contributed by atoms with Crippen LogP contribution in [-0.2, 0) is 14.3 Å². The van der Waals surface area contributed by atoms with Crippen LogP contribution in [0.25, 0.3) is 0 Å². The van der Waals surface area contributed by atoms with Crippen molar-refractivity contribution < 1.29 is 23.4 Å². The Hall–Kier alpha value is -1.31. The van der Waals surface area contributed by atoms with Crippen LogP contribution in [0.4, 0.5) is 10.1 Å². The van der Waals surface area contributed by atoms with E-state index in [0.29, 0.717) is 19.6 Å². The summed E-state index contributed by atoms with van der Waals surface area (Å²) in [5, 5.41) is -0.554. The number of nitrogens with two attached hydrogens (primary N) is 1. The standard InChI is InChI=1S/C14H19Cl2FN2O4/c1-2-3-5-21-6-4-7-22-9(20)8-23-14-11(16)12(18)10(15)13(17)19-14/h2-8H2,1H3,(H2,18,19). The van der Waals surface area contributed by atoms with Crippen molar-refractivity contribution in [1.29, 1.82) is 0 Å². The number of aromatic nitrogens is 1. The fourth-order valence-electron chi connectivity index (χ4n) is 1.47. The molecule has 1 rings (SSSR count). The molecule has 0 aliphatic heterocycles. The van der Waals surface area contributed by atoms with Crippen LogP contribution in [0.2, 0.25) is 10.0 Å². The van der Waals surface area contributed by atoms with Gasteiger partial charge in [0, 0.05) is 19.6 Å². The maximum absolute atomic E-state index is 13.3. The molecule has 1 aromatic rings. The van der Waals surface area contributed by atoms with E-state index in [1.165, 1.54) is 0 Å². The van der Waals surface area contributed by atoms with Gasteiger partial charge in [-0.05, 0) is 6.42 Å². The number of anilines is 1. The molecule has 0 saturated heterocycles. The topological polar surface area (TPSA) is 83.7 Å². The minimum absolute atomic E-state index is 0.159. The third kappa shape index (κ3) is 6.76. The van der Waals surface area contributed by atoms with Crippen molar-refractivity contribution in [1.82, 2.24) is 4.98 Å². The average molecular weight is 369 g/mol. The van der Waals surface area contributed by atoms with Crippen LogP contribution in [-0.4, -0.2) is 37.4 Å². The second-order valence-electron chi connectivity index (χ2n) is 4.58. The van der Waals surface area contributed by atoms with Crippen molar-refractivity contribution in [3.05, 3.63) is 16.0 Å². The minimum atomic E-state index is -1.03. The number of ether oxygens (including phenoxy) is 3. The van der Waals surface area contributed by atoms with Gasteiger partial charge in [-0.1, -0.05) is 36.5 Å². The van der Waals surface area contributed by atoms with Crippen LogP contribution >= 0.6 is 23.2 Å². The van der Waals surface area contributed by atoms with Crippen molar-refractivity contribution in [2.75, 3.05) is 32.2 Å². The van der Waals surface area contributed by atoms with Gasteiger partial charge in [0.05, 0.1) is 12.3 Å². The van der Waals surface area contributed by atoms with Gasteiger partial charge in [0.25, 0.3) is 0 Å². The maximum atomic E-state index is 13.3. The smallest absolute Gasteiger partial charge is 0.344 e. The number of rotatable bonds is 10. The predicted molar refractivity (Wildman–Crippen MR) is 85.4 cm³/mol. The van der Waals surface area contributed by atoms with E-state index in [1.54, 1.807) is 0 Å². The molecule has 1 aromatic heterocycles. The summed E-state index contributed by atoms with van der Waals surface area (Å²) in [5.41, 5.74) is 5.28. The highest BCUT2D eigenvalue weighted by Gasteiger charge is 2.17. The van der Waals surface area contributed by atoms with E-state index < -0.39 is 23.5 Å². The molecular formula is C14H19Cl2FN2O4. The lowest BCUT2D eigenvalue weighted by Crippen LogP contribution is -2.17. The summed E-state index contributed by atoms with van der Waals surface area (Å²) in [6.07, 6.45) is 2.65. The van der Waals surface area contributed by atoms with Gasteiger partial charge in [0.15, 0.2) is 6.61 Å². The van der Waals surface area contributed by atoms with Crippen molar-refractivity contribution in [3.8, 4) is 5.88 Å². The molecule has 1 heterocycles. The fourth-order valence-corrected chi connectivity index (χ4v) is 1.85. The Morgan fingerprint density at radius 2 is 1.91 bits per heavy atom. The molecule has 130 valence electrons. The van der Waals surface area contributed by atoms with Gasteiger partial charge in [-0.15, -0.1) is 0 Å². The van der Waals surface area contributed by atoms with Crippen molar-refractivity contribution >= 4 is 34.9 Å². The van der Waals surface area contributed by atoms with Crippen LogP contribution in [0, 0.1) is 5.95 Å². The average Bonchev–Trinajstić information content (AvgIpc) is 2.54. The second-order valence-corrected chi connectivity index (χ2v) is 5.33. The van der Waals surface area contributed by atoms with Crippen LogP contribution in [0.15, 0.2) is 0 Å². The summed E-state index contributed by atoms with van der Waals surface area (Å²) >= 11 is 11.4. The first-order valence-corrected chi connectivity index (χ1v) is 7.89. The largest absolute Gasteiger partial charge is 0.464 e. The molecular weight excluding hydrogens is 350 g/mol. The first kappa shape index (κ1) is 19.7. The zero-order valence-corrected chi connectivity index (χ0v) is 14.3. The lowest BCUT2D eigenvalue weighted by Gasteiger charge is -2.10. The molecule has 23 heavy (non-hydrogen) atoms. The van der Waals surface area contributed by atoms with E-state index in [-0.39, 0.29) is 23.2 Å². The van der Waals surface area contributed by atoms with Gasteiger partial charge in [-0.25, -0.2) is 4.79 Å². The molecule has 0 aliphatic carbocycles. The first-order valence-electron chi connectivity index (χ1n) is 7.13. The third-order valence-electron chi connectivity index (χ3n) is 2.71. The van der Waals surface area contributed by atoms with E-state index in [1.807, 2.05) is 0 Å². The number of nitrogens with zero attached hydrogens (tertiary/aromatic N) is 1. The van der Waals surface area contributed by atoms with Gasteiger partial charge in [-0.2, -0.15) is 9.37 Å². The summed E-state index contributed by atoms with van der Waals surface area (Å²) in [6, 6.07) is 0. The number of hydrogen-bond acceptors (Lipinski definition) is 6. The maximum Gasteiger partial charge on any atom is 0.344 e. The second kappa shape index (κ2) is 10.5. The zero-order valence-electron chi connectivity index (χ0n) is 12.7. The molecule has 0 radical (unpaired) electrons. The van der Waals surface area contributed by atoms with Gasteiger partial charge < -0.3 is 19.9 Å². The number of esters is 1. The highest BCUT2D eigenvalue weighted by atomic mass is 35.5. The number of hydrogen-bond donors (Lipinski definition) is 1. The van der Waals surface area contributed by atoms with E-state index in [0.717, 1.165) is 12.8 Å². The van der Waals surface area contributed by atoms with Crippen LogP contribution in [0.1, 0.15) is 26.2 Å². The Kier molecular flexibility index (Phi) is 8.98. The fraction of sp³-hybridized carbons (Fsp3) is 0.571. The number of pyridine rings is 1. The van der Waals surface area contributed by atoms with E-state index in [9.17, 15) is 9.18 Å². The molecule has 9 heteroatoms. The number of carbonyl (C=O) groups excluding carboxylic acids is 1. The molecule has 0 fully saturated rings.